The predicted molar refractivity (Wildman–Crippen MR) is 81.6 cm³/mol. The summed E-state index contributed by atoms with van der Waals surface area (Å²) in [5, 5.41) is 0.795. The van der Waals surface area contributed by atoms with E-state index in [0.717, 1.165) is 24.7 Å². The Labute approximate surface area is 121 Å². The zero-order valence-electron chi connectivity index (χ0n) is 12.1. The van der Waals surface area contributed by atoms with E-state index >= 15 is 0 Å². The summed E-state index contributed by atoms with van der Waals surface area (Å²) in [5.41, 5.74) is 8.59. The lowest BCUT2D eigenvalue weighted by Crippen LogP contribution is -2.52. The molecule has 1 aliphatic rings. The molecule has 0 aliphatic carbocycles. The number of hydrogen-bond acceptors (Lipinski definition) is 3. The third-order valence-corrected chi connectivity index (χ3v) is 4.33. The molecule has 0 bridgehead atoms. The third-order valence-electron chi connectivity index (χ3n) is 4.10. The third kappa shape index (κ3) is 3.29. The normalized spacial score (nSPS) is 23.5. The Morgan fingerprint density at radius 3 is 2.74 bits per heavy atom. The highest BCUT2D eigenvalue weighted by Gasteiger charge is 2.28. The largest absolute Gasteiger partial charge is 0.329 e. The maximum Gasteiger partial charge on any atom is 0.0476 e. The Balaban J connectivity index is 2.24. The van der Waals surface area contributed by atoms with Crippen molar-refractivity contribution in [3.63, 3.8) is 0 Å². The molecule has 1 aromatic carbocycles. The fraction of sp³-hybridized carbons (Fsp3) is 0.600. The summed E-state index contributed by atoms with van der Waals surface area (Å²) in [6, 6.07) is 6.94. The van der Waals surface area contributed by atoms with Crippen LogP contribution in [0.25, 0.3) is 0 Å². The van der Waals surface area contributed by atoms with E-state index in [1.807, 2.05) is 12.1 Å². The van der Waals surface area contributed by atoms with Crippen LogP contribution in [0.15, 0.2) is 18.2 Å². The van der Waals surface area contributed by atoms with Crippen LogP contribution in [-0.4, -0.2) is 49.1 Å². The van der Waals surface area contributed by atoms with Gasteiger partial charge in [-0.1, -0.05) is 17.7 Å². The highest BCUT2D eigenvalue weighted by molar-refractivity contribution is 6.30. The molecule has 0 amide bonds. The summed E-state index contributed by atoms with van der Waals surface area (Å²) in [6.45, 7) is 8.32. The second-order valence-corrected chi connectivity index (χ2v) is 6.04. The van der Waals surface area contributed by atoms with Gasteiger partial charge >= 0.3 is 0 Å². The molecule has 1 fully saturated rings. The van der Waals surface area contributed by atoms with Gasteiger partial charge in [0.1, 0.15) is 0 Å². The van der Waals surface area contributed by atoms with Crippen LogP contribution in [-0.2, 0) is 0 Å². The lowest BCUT2D eigenvalue weighted by molar-refractivity contribution is 0.0633. The van der Waals surface area contributed by atoms with Gasteiger partial charge in [0, 0.05) is 43.3 Å². The zero-order chi connectivity index (χ0) is 14.0. The molecule has 19 heavy (non-hydrogen) atoms. The summed E-state index contributed by atoms with van der Waals surface area (Å²) < 4.78 is 0. The molecular weight excluding hydrogens is 258 g/mol. The van der Waals surface area contributed by atoms with E-state index in [1.54, 1.807) is 0 Å². The molecule has 1 aromatic rings. The van der Waals surface area contributed by atoms with Gasteiger partial charge < -0.3 is 10.6 Å². The molecule has 1 saturated heterocycles. The SMILES string of the molecule is Cc1cc(Cl)ccc1C(CN)N1CCN(C)CC1C. The van der Waals surface area contributed by atoms with Crippen LogP contribution in [0.1, 0.15) is 24.1 Å². The van der Waals surface area contributed by atoms with Gasteiger partial charge in [-0.2, -0.15) is 0 Å². The van der Waals surface area contributed by atoms with Crippen molar-refractivity contribution in [2.24, 2.45) is 5.73 Å². The highest BCUT2D eigenvalue weighted by Crippen LogP contribution is 2.28. The van der Waals surface area contributed by atoms with Crippen LogP contribution >= 0.6 is 11.6 Å². The van der Waals surface area contributed by atoms with Crippen LogP contribution in [0, 0.1) is 6.92 Å². The first-order valence-electron chi connectivity index (χ1n) is 6.93. The van der Waals surface area contributed by atoms with Crippen molar-refractivity contribution in [3.8, 4) is 0 Å². The maximum absolute atomic E-state index is 6.05. The Bertz CT molecular complexity index is 435. The lowest BCUT2D eigenvalue weighted by atomic mass is 9.97. The lowest BCUT2D eigenvalue weighted by Gasteiger charge is -2.43. The van der Waals surface area contributed by atoms with E-state index in [0.29, 0.717) is 18.6 Å². The van der Waals surface area contributed by atoms with E-state index in [4.69, 9.17) is 17.3 Å². The van der Waals surface area contributed by atoms with Gasteiger partial charge in [-0.25, -0.2) is 0 Å². The van der Waals surface area contributed by atoms with Gasteiger partial charge in [0.25, 0.3) is 0 Å². The molecule has 0 spiro atoms. The standard InChI is InChI=1S/C15H24ClN3/c1-11-8-13(16)4-5-14(11)15(9-17)19-7-6-18(3)10-12(19)2/h4-5,8,12,15H,6-7,9-10,17H2,1-3H3. The average Bonchev–Trinajstić information content (AvgIpc) is 2.34. The number of benzene rings is 1. The number of nitrogens with two attached hydrogens (primary N) is 1. The van der Waals surface area contributed by atoms with Crippen molar-refractivity contribution >= 4 is 11.6 Å². The van der Waals surface area contributed by atoms with Crippen LogP contribution in [0.5, 0.6) is 0 Å². The quantitative estimate of drug-likeness (QED) is 0.923. The minimum atomic E-state index is 0.293. The van der Waals surface area contributed by atoms with Gasteiger partial charge in [-0.15, -0.1) is 0 Å². The molecule has 2 N–H and O–H groups in total. The second kappa shape index (κ2) is 6.23. The van der Waals surface area contributed by atoms with Gasteiger partial charge in [0.15, 0.2) is 0 Å². The second-order valence-electron chi connectivity index (χ2n) is 5.60. The number of aryl methyl sites for hydroxylation is 1. The van der Waals surface area contributed by atoms with Crippen LogP contribution in [0.3, 0.4) is 0 Å². The molecule has 2 atom stereocenters. The molecule has 3 nitrogen and oxygen atoms in total. The van der Waals surface area contributed by atoms with E-state index < -0.39 is 0 Å². The number of hydrogen-bond donors (Lipinski definition) is 1. The van der Waals surface area contributed by atoms with E-state index in [1.165, 1.54) is 11.1 Å². The van der Waals surface area contributed by atoms with Crippen LogP contribution < -0.4 is 5.73 Å². The van der Waals surface area contributed by atoms with Crippen molar-refractivity contribution in [3.05, 3.63) is 34.3 Å². The first kappa shape index (κ1) is 14.8. The fourth-order valence-corrected chi connectivity index (χ4v) is 3.30. The maximum atomic E-state index is 6.05. The molecule has 1 aliphatic heterocycles. The predicted octanol–water partition coefficient (Wildman–Crippen LogP) is 2.28. The summed E-state index contributed by atoms with van der Waals surface area (Å²) in [5.74, 6) is 0. The molecule has 0 radical (unpaired) electrons. The number of nitrogens with zero attached hydrogens (tertiary/aromatic N) is 2. The molecular formula is C15H24ClN3. The van der Waals surface area contributed by atoms with E-state index in [-0.39, 0.29) is 0 Å². The van der Waals surface area contributed by atoms with Crippen molar-refractivity contribution in [1.29, 1.82) is 0 Å². The summed E-state index contributed by atoms with van der Waals surface area (Å²) in [6.07, 6.45) is 0. The Morgan fingerprint density at radius 2 is 2.16 bits per heavy atom. The van der Waals surface area contributed by atoms with Crippen LogP contribution in [0.2, 0.25) is 5.02 Å². The van der Waals surface area contributed by atoms with Crippen LogP contribution in [0.4, 0.5) is 0 Å². The van der Waals surface area contributed by atoms with Crippen molar-refractivity contribution in [2.75, 3.05) is 33.2 Å². The van der Waals surface area contributed by atoms with E-state index in [2.05, 4.69) is 36.8 Å². The topological polar surface area (TPSA) is 32.5 Å². The monoisotopic (exact) mass is 281 g/mol. The zero-order valence-corrected chi connectivity index (χ0v) is 12.8. The molecule has 1 heterocycles. The Morgan fingerprint density at radius 1 is 1.42 bits per heavy atom. The summed E-state index contributed by atoms with van der Waals surface area (Å²) in [4.78, 5) is 4.90. The van der Waals surface area contributed by atoms with Gasteiger partial charge in [-0.05, 0) is 44.2 Å². The molecule has 2 rings (SSSR count). The van der Waals surface area contributed by atoms with Gasteiger partial charge in [0.05, 0.1) is 0 Å². The van der Waals surface area contributed by atoms with Crippen molar-refractivity contribution in [1.82, 2.24) is 9.80 Å². The highest BCUT2D eigenvalue weighted by atomic mass is 35.5. The average molecular weight is 282 g/mol. The Kier molecular flexibility index (Phi) is 4.85. The molecule has 0 saturated carbocycles. The molecule has 0 aromatic heterocycles. The summed E-state index contributed by atoms with van der Waals surface area (Å²) in [7, 11) is 2.18. The van der Waals surface area contributed by atoms with E-state index in [9.17, 15) is 0 Å². The molecule has 4 heteroatoms. The molecule has 2 unspecified atom stereocenters. The Hall–Kier alpha value is -0.610. The first-order valence-corrected chi connectivity index (χ1v) is 7.31. The van der Waals surface area contributed by atoms with Gasteiger partial charge in [0.2, 0.25) is 0 Å². The number of likely N-dealkylation sites (N-methyl/N-ethyl adjacent to an activating group) is 1. The number of rotatable bonds is 3. The first-order chi connectivity index (χ1) is 9.02. The van der Waals surface area contributed by atoms with Crippen molar-refractivity contribution in [2.45, 2.75) is 25.9 Å². The molecule has 106 valence electrons. The van der Waals surface area contributed by atoms with Gasteiger partial charge in [-0.3, -0.25) is 4.90 Å². The minimum Gasteiger partial charge on any atom is -0.329 e. The summed E-state index contributed by atoms with van der Waals surface area (Å²) >= 11 is 6.05. The minimum absolute atomic E-state index is 0.293. The number of piperazine rings is 1. The number of halogens is 1. The fourth-order valence-electron chi connectivity index (χ4n) is 3.07. The smallest absolute Gasteiger partial charge is 0.0476 e. The van der Waals surface area contributed by atoms with Crippen molar-refractivity contribution < 1.29 is 0 Å².